The molecule has 3 heterocycles. The van der Waals surface area contributed by atoms with Crippen molar-refractivity contribution >= 4 is 42.6 Å². The van der Waals surface area contributed by atoms with Gasteiger partial charge < -0.3 is 9.47 Å². The van der Waals surface area contributed by atoms with Gasteiger partial charge in [0.05, 0.1) is 40.0 Å². The maximum Gasteiger partial charge on any atom is 0.260 e. The highest BCUT2D eigenvalue weighted by atomic mass is 32.2. The Balaban J connectivity index is 1.44. The molecule has 1 amide bonds. The zero-order chi connectivity index (χ0) is 26.3. The first-order chi connectivity index (χ1) is 17.6. The lowest BCUT2D eigenvalue weighted by Gasteiger charge is -2.34. The molecule has 2 aromatic carbocycles. The molecule has 0 radical (unpaired) electrons. The van der Waals surface area contributed by atoms with Crippen LogP contribution in [0.4, 0.5) is 5.13 Å². The molecule has 0 aliphatic carbocycles. The highest BCUT2D eigenvalue weighted by Gasteiger charge is 2.33. The second-order valence-electron chi connectivity index (χ2n) is 10.0. The smallest absolute Gasteiger partial charge is 0.260 e. The van der Waals surface area contributed by atoms with Gasteiger partial charge in [-0.2, -0.15) is 4.31 Å². The van der Waals surface area contributed by atoms with Crippen molar-refractivity contribution in [2.24, 2.45) is 0 Å². The van der Waals surface area contributed by atoms with Gasteiger partial charge in [-0.25, -0.2) is 13.4 Å². The Morgan fingerprint density at radius 1 is 1.08 bits per heavy atom. The van der Waals surface area contributed by atoms with E-state index in [0.717, 1.165) is 34.2 Å². The van der Waals surface area contributed by atoms with Crippen LogP contribution in [0.25, 0.3) is 10.2 Å². The summed E-state index contributed by atoms with van der Waals surface area (Å²) in [6.45, 7) is 9.51. The van der Waals surface area contributed by atoms with Gasteiger partial charge in [0.1, 0.15) is 0 Å². The molecule has 2 saturated heterocycles. The van der Waals surface area contributed by atoms with Crippen LogP contribution in [-0.2, 0) is 19.5 Å². The fraction of sp³-hybridized carbons (Fsp3) is 0.481. The Hall–Kier alpha value is -2.37. The third-order valence-electron chi connectivity index (χ3n) is 6.94. The van der Waals surface area contributed by atoms with Gasteiger partial charge in [-0.05, 0) is 75.9 Å². The Morgan fingerprint density at radius 2 is 1.76 bits per heavy atom. The van der Waals surface area contributed by atoms with Crippen molar-refractivity contribution in [3.8, 4) is 0 Å². The molecule has 0 spiro atoms. The minimum absolute atomic E-state index is 0.0527. The fourth-order valence-corrected chi connectivity index (χ4v) is 7.71. The van der Waals surface area contributed by atoms with Crippen molar-refractivity contribution in [2.75, 3.05) is 31.1 Å². The SMILES string of the molecule is Cc1ccc(C)c2sc(N(CC3CCCO3)C(=O)c3ccc(S(=O)(=O)N4CC(C)OC(C)C4)cc3)nc12. The van der Waals surface area contributed by atoms with E-state index in [1.807, 2.05) is 33.8 Å². The van der Waals surface area contributed by atoms with E-state index < -0.39 is 10.0 Å². The zero-order valence-corrected chi connectivity index (χ0v) is 23.3. The second-order valence-corrected chi connectivity index (χ2v) is 12.9. The minimum Gasteiger partial charge on any atom is -0.376 e. The van der Waals surface area contributed by atoms with E-state index in [4.69, 9.17) is 14.5 Å². The first-order valence-electron chi connectivity index (χ1n) is 12.7. The average molecular weight is 544 g/mol. The van der Waals surface area contributed by atoms with Gasteiger partial charge in [0.2, 0.25) is 10.0 Å². The number of aromatic nitrogens is 1. The molecule has 198 valence electrons. The van der Waals surface area contributed by atoms with Crippen LogP contribution in [0.1, 0.15) is 48.2 Å². The Kier molecular flexibility index (Phi) is 7.39. The molecule has 0 bridgehead atoms. The normalized spacial score (nSPS) is 23.0. The number of hydrogen-bond donors (Lipinski definition) is 0. The standard InChI is InChI=1S/C27H33N3O5S2/c1-17-7-8-18(2)25-24(17)28-27(36-25)30(16-22-6-5-13-34-22)26(31)21-9-11-23(12-10-21)37(32,33)29-14-19(3)35-20(4)15-29/h7-12,19-20,22H,5-6,13-16H2,1-4H3. The number of rotatable bonds is 6. The highest BCUT2D eigenvalue weighted by molar-refractivity contribution is 7.89. The Morgan fingerprint density at radius 3 is 2.38 bits per heavy atom. The highest BCUT2D eigenvalue weighted by Crippen LogP contribution is 2.34. The number of ether oxygens (including phenoxy) is 2. The van der Waals surface area contributed by atoms with E-state index in [1.54, 1.807) is 17.0 Å². The number of fused-ring (bicyclic) bond motifs is 1. The molecule has 0 saturated carbocycles. The van der Waals surface area contributed by atoms with E-state index in [1.165, 1.54) is 27.8 Å². The number of carbonyl (C=O) groups excluding carboxylic acids is 1. The van der Waals surface area contributed by atoms with Crippen molar-refractivity contribution in [2.45, 2.75) is 63.7 Å². The lowest BCUT2D eigenvalue weighted by molar-refractivity contribution is -0.0440. The molecule has 5 rings (SSSR count). The van der Waals surface area contributed by atoms with E-state index >= 15 is 0 Å². The summed E-state index contributed by atoms with van der Waals surface area (Å²) in [6.07, 6.45) is 1.46. The van der Waals surface area contributed by atoms with Gasteiger partial charge in [0, 0.05) is 25.3 Å². The summed E-state index contributed by atoms with van der Waals surface area (Å²) >= 11 is 1.50. The minimum atomic E-state index is -3.69. The summed E-state index contributed by atoms with van der Waals surface area (Å²) in [7, 11) is -3.69. The molecule has 2 aliphatic heterocycles. The van der Waals surface area contributed by atoms with Crippen LogP contribution in [0.3, 0.4) is 0 Å². The van der Waals surface area contributed by atoms with Gasteiger partial charge in [-0.15, -0.1) is 0 Å². The quantitative estimate of drug-likeness (QED) is 0.454. The van der Waals surface area contributed by atoms with Crippen molar-refractivity contribution in [3.05, 3.63) is 53.1 Å². The summed E-state index contributed by atoms with van der Waals surface area (Å²) in [5.41, 5.74) is 3.50. The number of aryl methyl sites for hydroxylation is 2. The van der Waals surface area contributed by atoms with Crippen LogP contribution in [0, 0.1) is 13.8 Å². The first kappa shape index (κ1) is 26.2. The monoisotopic (exact) mass is 543 g/mol. The third-order valence-corrected chi connectivity index (χ3v) is 10.0. The van der Waals surface area contributed by atoms with Crippen molar-refractivity contribution < 1.29 is 22.7 Å². The molecule has 37 heavy (non-hydrogen) atoms. The number of amides is 1. The molecule has 2 fully saturated rings. The molecule has 8 nitrogen and oxygen atoms in total. The third kappa shape index (κ3) is 5.31. The average Bonchev–Trinajstić information content (AvgIpc) is 3.55. The van der Waals surface area contributed by atoms with E-state index in [-0.39, 0.29) is 29.1 Å². The molecule has 0 N–H and O–H groups in total. The van der Waals surface area contributed by atoms with Gasteiger partial charge in [-0.3, -0.25) is 9.69 Å². The number of anilines is 1. The lowest BCUT2D eigenvalue weighted by atomic mass is 10.1. The van der Waals surface area contributed by atoms with Crippen LogP contribution in [-0.4, -0.2) is 68.2 Å². The summed E-state index contributed by atoms with van der Waals surface area (Å²) in [5, 5.41) is 0.626. The number of thiazole rings is 1. The van der Waals surface area contributed by atoms with Gasteiger partial charge >= 0.3 is 0 Å². The topological polar surface area (TPSA) is 89.0 Å². The number of nitrogens with zero attached hydrogens (tertiary/aromatic N) is 3. The zero-order valence-electron chi connectivity index (χ0n) is 21.6. The van der Waals surface area contributed by atoms with Gasteiger partial charge in [-0.1, -0.05) is 23.5 Å². The maximum absolute atomic E-state index is 13.8. The van der Waals surface area contributed by atoms with Crippen LogP contribution in [0.15, 0.2) is 41.3 Å². The van der Waals surface area contributed by atoms with E-state index in [0.29, 0.717) is 36.9 Å². The van der Waals surface area contributed by atoms with Crippen molar-refractivity contribution in [1.29, 1.82) is 0 Å². The fourth-order valence-electron chi connectivity index (χ4n) is 5.00. The predicted octanol–water partition coefficient (Wildman–Crippen LogP) is 4.54. The van der Waals surface area contributed by atoms with Crippen LogP contribution in [0.2, 0.25) is 0 Å². The molecule has 3 atom stereocenters. The van der Waals surface area contributed by atoms with Gasteiger partial charge in [0.25, 0.3) is 5.91 Å². The second kappa shape index (κ2) is 10.4. The summed E-state index contributed by atoms with van der Waals surface area (Å²) < 4.78 is 40.6. The van der Waals surface area contributed by atoms with Crippen LogP contribution in [0.5, 0.6) is 0 Å². The summed E-state index contributed by atoms with van der Waals surface area (Å²) in [4.78, 5) is 20.5. The Labute approximate surface area is 222 Å². The number of hydrogen-bond acceptors (Lipinski definition) is 7. The molecular formula is C27H33N3O5S2. The molecular weight excluding hydrogens is 510 g/mol. The lowest BCUT2D eigenvalue weighted by Crippen LogP contribution is -2.48. The largest absolute Gasteiger partial charge is 0.376 e. The van der Waals surface area contributed by atoms with E-state index in [2.05, 4.69) is 6.07 Å². The molecule has 3 unspecified atom stereocenters. The van der Waals surface area contributed by atoms with Crippen LogP contribution >= 0.6 is 11.3 Å². The molecule has 3 aromatic rings. The van der Waals surface area contributed by atoms with Crippen LogP contribution < -0.4 is 4.90 Å². The summed E-state index contributed by atoms with van der Waals surface area (Å²) in [6, 6.07) is 10.3. The number of carbonyl (C=O) groups is 1. The Bertz CT molecular complexity index is 1350. The predicted molar refractivity (Wildman–Crippen MR) is 145 cm³/mol. The molecule has 1 aromatic heterocycles. The van der Waals surface area contributed by atoms with Crippen molar-refractivity contribution in [3.63, 3.8) is 0 Å². The number of morpholine rings is 1. The van der Waals surface area contributed by atoms with Gasteiger partial charge in [0.15, 0.2) is 5.13 Å². The summed E-state index contributed by atoms with van der Waals surface area (Å²) in [5.74, 6) is -0.220. The maximum atomic E-state index is 13.8. The molecule has 2 aliphatic rings. The number of benzene rings is 2. The number of sulfonamides is 1. The molecule has 10 heteroatoms. The first-order valence-corrected chi connectivity index (χ1v) is 14.9. The van der Waals surface area contributed by atoms with E-state index in [9.17, 15) is 13.2 Å². The van der Waals surface area contributed by atoms with Crippen molar-refractivity contribution in [1.82, 2.24) is 9.29 Å².